The van der Waals surface area contributed by atoms with E-state index < -0.39 is 0 Å². The van der Waals surface area contributed by atoms with Crippen LogP contribution in [0.3, 0.4) is 0 Å². The van der Waals surface area contributed by atoms with E-state index in [1.807, 2.05) is 32.6 Å². The zero-order valence-corrected chi connectivity index (χ0v) is 12.6. The second-order valence-corrected chi connectivity index (χ2v) is 4.25. The molecule has 1 aromatic heterocycles. The highest BCUT2D eigenvalue weighted by atomic mass is 35.5. The number of likely N-dealkylation sites (N-methyl/N-ethyl adjacent to an activating group) is 1. The van der Waals surface area contributed by atoms with Crippen LogP contribution in [0.25, 0.3) is 0 Å². The highest BCUT2D eigenvalue weighted by molar-refractivity contribution is 5.93. The summed E-state index contributed by atoms with van der Waals surface area (Å²) in [6.07, 6.45) is 0. The average Bonchev–Trinajstić information content (AvgIpc) is 2.61. The molecule has 1 heterocycles. The predicted octanol–water partition coefficient (Wildman–Crippen LogP) is 2.21. The first kappa shape index (κ1) is 17.5. The van der Waals surface area contributed by atoms with Gasteiger partial charge in [0.25, 0.3) is 0 Å². The Morgan fingerprint density at radius 1 is 1.37 bits per heavy atom. The van der Waals surface area contributed by atoms with Gasteiger partial charge in [0.1, 0.15) is 11.9 Å². The molecule has 0 bridgehead atoms. The molecule has 1 rings (SSSR count). The molecule has 1 aromatic rings. The second-order valence-electron chi connectivity index (χ2n) is 4.25. The molecule has 0 spiro atoms. The number of hydrogen-bond acceptors (Lipinski definition) is 3. The Balaban J connectivity index is 0.00000324. The first-order chi connectivity index (χ1) is 8.53. The van der Waals surface area contributed by atoms with Crippen molar-refractivity contribution in [3.63, 3.8) is 0 Å². The van der Waals surface area contributed by atoms with Gasteiger partial charge < -0.3 is 10.3 Å². The van der Waals surface area contributed by atoms with Crippen molar-refractivity contribution in [3.8, 4) is 6.07 Å². The van der Waals surface area contributed by atoms with Crippen molar-refractivity contribution in [1.82, 2.24) is 9.88 Å². The number of nitriles is 1. The molecular formula is C13H21ClN4O. The summed E-state index contributed by atoms with van der Waals surface area (Å²) in [7, 11) is 0. The number of anilines is 1. The third-order valence-electron chi connectivity index (χ3n) is 3.14. The maximum absolute atomic E-state index is 11.8. The first-order valence-electron chi connectivity index (χ1n) is 6.14. The molecule has 0 unspecified atom stereocenters. The van der Waals surface area contributed by atoms with Crippen LogP contribution in [-0.4, -0.2) is 35.4 Å². The van der Waals surface area contributed by atoms with E-state index in [1.165, 1.54) is 0 Å². The third-order valence-corrected chi connectivity index (χ3v) is 3.14. The Morgan fingerprint density at radius 2 is 1.95 bits per heavy atom. The predicted molar refractivity (Wildman–Crippen MR) is 78.6 cm³/mol. The fourth-order valence-electron chi connectivity index (χ4n) is 1.78. The van der Waals surface area contributed by atoms with Crippen LogP contribution in [0, 0.1) is 25.2 Å². The number of aryl methyl sites for hydroxylation is 1. The number of nitrogens with one attached hydrogen (secondary N) is 2. The smallest absolute Gasteiger partial charge is 0.239 e. The number of aromatic amines is 1. The fraction of sp³-hybridized carbons (Fsp3) is 0.538. The summed E-state index contributed by atoms with van der Waals surface area (Å²) in [6, 6.07) is 2.11. The van der Waals surface area contributed by atoms with Gasteiger partial charge in [-0.25, -0.2) is 0 Å². The molecule has 106 valence electrons. The topological polar surface area (TPSA) is 71.9 Å². The van der Waals surface area contributed by atoms with Gasteiger partial charge in [-0.2, -0.15) is 5.26 Å². The Bertz CT molecular complexity index is 472. The number of aromatic nitrogens is 1. The molecule has 0 radical (unpaired) electrons. The van der Waals surface area contributed by atoms with Crippen molar-refractivity contribution in [2.45, 2.75) is 27.7 Å². The molecule has 0 saturated heterocycles. The lowest BCUT2D eigenvalue weighted by molar-refractivity contribution is -0.117. The number of carbonyl (C=O) groups is 1. The van der Waals surface area contributed by atoms with E-state index in [4.69, 9.17) is 5.26 Å². The van der Waals surface area contributed by atoms with Crippen molar-refractivity contribution in [3.05, 3.63) is 16.8 Å². The highest BCUT2D eigenvalue weighted by Gasteiger charge is 2.14. The van der Waals surface area contributed by atoms with E-state index in [9.17, 15) is 4.79 Å². The summed E-state index contributed by atoms with van der Waals surface area (Å²) in [5.41, 5.74) is 2.31. The van der Waals surface area contributed by atoms with E-state index >= 15 is 0 Å². The van der Waals surface area contributed by atoms with Gasteiger partial charge in [0.2, 0.25) is 5.91 Å². The Kier molecular flexibility index (Phi) is 7.20. The normalized spacial score (nSPS) is 9.89. The monoisotopic (exact) mass is 284 g/mol. The summed E-state index contributed by atoms with van der Waals surface area (Å²) < 4.78 is 0. The molecule has 0 atom stereocenters. The number of carbonyl (C=O) groups excluding carboxylic acids is 1. The molecular weight excluding hydrogens is 264 g/mol. The van der Waals surface area contributed by atoms with Crippen LogP contribution in [0.1, 0.15) is 30.7 Å². The summed E-state index contributed by atoms with van der Waals surface area (Å²) in [5, 5.41) is 11.8. The van der Waals surface area contributed by atoms with Gasteiger partial charge in [0.05, 0.1) is 12.1 Å². The molecule has 2 N–H and O–H groups in total. The van der Waals surface area contributed by atoms with Crippen molar-refractivity contribution in [2.24, 2.45) is 0 Å². The van der Waals surface area contributed by atoms with Crippen LogP contribution >= 0.6 is 12.4 Å². The molecule has 0 aliphatic heterocycles. The van der Waals surface area contributed by atoms with Crippen LogP contribution in [0.15, 0.2) is 0 Å². The lowest BCUT2D eigenvalue weighted by atomic mass is 10.2. The second kappa shape index (κ2) is 7.82. The van der Waals surface area contributed by atoms with E-state index in [1.54, 1.807) is 0 Å². The first-order valence-corrected chi connectivity index (χ1v) is 6.14. The van der Waals surface area contributed by atoms with Crippen LogP contribution in [0.5, 0.6) is 0 Å². The van der Waals surface area contributed by atoms with Crippen molar-refractivity contribution >= 4 is 24.1 Å². The van der Waals surface area contributed by atoms with Gasteiger partial charge in [0, 0.05) is 5.69 Å². The van der Waals surface area contributed by atoms with Crippen LogP contribution < -0.4 is 5.32 Å². The minimum atomic E-state index is -0.101. The molecule has 6 heteroatoms. The van der Waals surface area contributed by atoms with Gasteiger partial charge in [-0.05, 0) is 32.5 Å². The SMILES string of the molecule is CCN(CC)CC(=O)Nc1[nH]c(C)c(C)c1C#N.Cl. The summed E-state index contributed by atoms with van der Waals surface area (Å²) >= 11 is 0. The van der Waals surface area contributed by atoms with Crippen molar-refractivity contribution in [2.75, 3.05) is 25.0 Å². The third kappa shape index (κ3) is 4.27. The molecule has 0 fully saturated rings. The molecule has 0 aliphatic carbocycles. The number of nitrogens with zero attached hydrogens (tertiary/aromatic N) is 2. The standard InChI is InChI=1S/C13H20N4O.ClH/c1-5-17(6-2)8-12(18)16-13-11(7-14)9(3)10(4)15-13;/h15H,5-6,8H2,1-4H3,(H,16,18);1H. The van der Waals surface area contributed by atoms with E-state index in [-0.39, 0.29) is 18.3 Å². The number of hydrogen-bond donors (Lipinski definition) is 2. The molecule has 0 aliphatic rings. The number of amides is 1. The largest absolute Gasteiger partial charge is 0.344 e. The number of H-pyrrole nitrogens is 1. The molecule has 0 aromatic carbocycles. The summed E-state index contributed by atoms with van der Waals surface area (Å²) in [6.45, 7) is 9.78. The van der Waals surface area contributed by atoms with Gasteiger partial charge >= 0.3 is 0 Å². The lowest BCUT2D eigenvalue weighted by Crippen LogP contribution is -2.33. The average molecular weight is 285 g/mol. The van der Waals surface area contributed by atoms with Gasteiger partial charge in [-0.3, -0.25) is 9.69 Å². The zero-order valence-electron chi connectivity index (χ0n) is 11.8. The highest BCUT2D eigenvalue weighted by Crippen LogP contribution is 2.20. The number of halogens is 1. The lowest BCUT2D eigenvalue weighted by Gasteiger charge is -2.16. The minimum absolute atomic E-state index is 0. The van der Waals surface area contributed by atoms with Crippen molar-refractivity contribution in [1.29, 1.82) is 5.26 Å². The van der Waals surface area contributed by atoms with Gasteiger partial charge in [-0.1, -0.05) is 13.8 Å². The van der Waals surface area contributed by atoms with Gasteiger partial charge in [0.15, 0.2) is 0 Å². The summed E-state index contributed by atoms with van der Waals surface area (Å²) in [4.78, 5) is 16.9. The van der Waals surface area contributed by atoms with Gasteiger partial charge in [-0.15, -0.1) is 12.4 Å². The molecule has 1 amide bonds. The summed E-state index contributed by atoms with van der Waals surface area (Å²) in [5.74, 6) is 0.404. The fourth-order valence-corrected chi connectivity index (χ4v) is 1.78. The van der Waals surface area contributed by atoms with Crippen LogP contribution in [0.2, 0.25) is 0 Å². The molecule has 0 saturated carbocycles. The van der Waals surface area contributed by atoms with Crippen molar-refractivity contribution < 1.29 is 4.79 Å². The van der Waals surface area contributed by atoms with E-state index in [0.29, 0.717) is 17.9 Å². The maximum atomic E-state index is 11.8. The molecule has 19 heavy (non-hydrogen) atoms. The maximum Gasteiger partial charge on any atom is 0.239 e. The zero-order chi connectivity index (χ0) is 13.7. The van der Waals surface area contributed by atoms with E-state index in [0.717, 1.165) is 24.3 Å². The van der Waals surface area contributed by atoms with Crippen LogP contribution in [-0.2, 0) is 4.79 Å². The quantitative estimate of drug-likeness (QED) is 0.871. The Hall–Kier alpha value is -1.51. The van der Waals surface area contributed by atoms with E-state index in [2.05, 4.69) is 16.4 Å². The minimum Gasteiger partial charge on any atom is -0.344 e. The molecule has 5 nitrogen and oxygen atoms in total. The number of rotatable bonds is 5. The Morgan fingerprint density at radius 3 is 2.42 bits per heavy atom. The van der Waals surface area contributed by atoms with Crippen LogP contribution in [0.4, 0.5) is 5.82 Å². The Labute approximate surface area is 120 Å².